The fourth-order valence-corrected chi connectivity index (χ4v) is 1.63. The first-order chi connectivity index (χ1) is 7.35. The van der Waals surface area contributed by atoms with Crippen LogP contribution in [0.1, 0.15) is 13.8 Å². The van der Waals surface area contributed by atoms with E-state index in [4.69, 9.17) is 13.9 Å². The molecule has 1 atom stereocenters. The van der Waals surface area contributed by atoms with E-state index in [0.717, 1.165) is 0 Å². The van der Waals surface area contributed by atoms with Gasteiger partial charge in [-0.2, -0.15) is 0 Å². The average Bonchev–Trinajstić information content (AvgIpc) is 2.11. The molecule has 0 aliphatic carbocycles. The molecule has 0 saturated carbocycles. The predicted octanol–water partition coefficient (Wildman–Crippen LogP) is 2.32. The molecule has 4 nitrogen and oxygen atoms in total. The summed E-state index contributed by atoms with van der Waals surface area (Å²) in [6.45, 7) is 10.8. The van der Waals surface area contributed by atoms with Crippen molar-refractivity contribution in [3.63, 3.8) is 0 Å². The molecule has 0 bridgehead atoms. The lowest BCUT2D eigenvalue weighted by atomic mass is 10.5. The van der Waals surface area contributed by atoms with Crippen molar-refractivity contribution in [3.8, 4) is 0 Å². The number of rotatable bonds is 7. The maximum Gasteiger partial charge on any atom is 0.332 e. The van der Waals surface area contributed by atoms with Gasteiger partial charge in [-0.05, 0) is 33.5 Å². The lowest BCUT2D eigenvalue weighted by molar-refractivity contribution is -0.170. The molecule has 0 amide bonds. The van der Waals surface area contributed by atoms with Gasteiger partial charge in [0, 0.05) is 6.08 Å². The fourth-order valence-electron chi connectivity index (χ4n) is 0.935. The molecule has 0 fully saturated rings. The zero-order valence-electron chi connectivity index (χ0n) is 10.8. The standard InChI is InChI=1S/C11H22O4Si/c1-6-7-11(12)15-10(2)13-8-9-14-16(3,4)5/h6-7,10H,8-9H2,1-5H3. The third-order valence-corrected chi connectivity index (χ3v) is 2.63. The van der Waals surface area contributed by atoms with E-state index in [2.05, 4.69) is 19.6 Å². The quantitative estimate of drug-likeness (QED) is 0.227. The maximum atomic E-state index is 11.0. The molecule has 94 valence electrons. The number of ether oxygens (including phenoxy) is 2. The van der Waals surface area contributed by atoms with Gasteiger partial charge in [0.15, 0.2) is 8.32 Å². The minimum Gasteiger partial charge on any atom is -0.433 e. The Balaban J connectivity index is 3.58. The Hall–Kier alpha value is -0.653. The third kappa shape index (κ3) is 9.89. The summed E-state index contributed by atoms with van der Waals surface area (Å²) in [6.07, 6.45) is 2.45. The molecule has 5 heteroatoms. The second-order valence-electron chi connectivity index (χ2n) is 4.34. The fraction of sp³-hybridized carbons (Fsp3) is 0.727. The van der Waals surface area contributed by atoms with Crippen LogP contribution in [0, 0.1) is 0 Å². The molecule has 0 heterocycles. The monoisotopic (exact) mass is 246 g/mol. The summed E-state index contributed by atoms with van der Waals surface area (Å²) in [5.41, 5.74) is 0. The van der Waals surface area contributed by atoms with Crippen LogP contribution in [0.25, 0.3) is 0 Å². The van der Waals surface area contributed by atoms with Gasteiger partial charge in [-0.15, -0.1) is 0 Å². The Bertz CT molecular complexity index is 233. The van der Waals surface area contributed by atoms with E-state index >= 15 is 0 Å². The first-order valence-electron chi connectivity index (χ1n) is 5.44. The largest absolute Gasteiger partial charge is 0.433 e. The normalized spacial score (nSPS) is 14.1. The highest BCUT2D eigenvalue weighted by Crippen LogP contribution is 2.02. The predicted molar refractivity (Wildman–Crippen MR) is 65.6 cm³/mol. The van der Waals surface area contributed by atoms with Crippen molar-refractivity contribution >= 4 is 14.3 Å². The molecular formula is C11H22O4Si. The minimum absolute atomic E-state index is 0.388. The van der Waals surface area contributed by atoms with Crippen molar-refractivity contribution < 1.29 is 18.7 Å². The number of hydrogen-bond donors (Lipinski definition) is 0. The van der Waals surface area contributed by atoms with Crippen LogP contribution in [0.3, 0.4) is 0 Å². The summed E-state index contributed by atoms with van der Waals surface area (Å²) < 4.78 is 15.8. The Kier molecular flexibility index (Phi) is 7.28. The van der Waals surface area contributed by atoms with Gasteiger partial charge in [-0.1, -0.05) is 6.08 Å². The van der Waals surface area contributed by atoms with Gasteiger partial charge < -0.3 is 13.9 Å². The first-order valence-corrected chi connectivity index (χ1v) is 8.85. The second-order valence-corrected chi connectivity index (χ2v) is 8.85. The molecule has 0 aromatic carbocycles. The highest BCUT2D eigenvalue weighted by atomic mass is 28.4. The van der Waals surface area contributed by atoms with Gasteiger partial charge in [0.05, 0.1) is 13.2 Å². The van der Waals surface area contributed by atoms with Crippen LogP contribution in [0.15, 0.2) is 12.2 Å². The number of esters is 1. The highest BCUT2D eigenvalue weighted by Gasteiger charge is 2.14. The SMILES string of the molecule is CC=CC(=O)OC(C)OCCO[Si](C)(C)C. The second kappa shape index (κ2) is 7.59. The molecule has 0 aliphatic rings. The van der Waals surface area contributed by atoms with Crippen LogP contribution in [0.5, 0.6) is 0 Å². The highest BCUT2D eigenvalue weighted by molar-refractivity contribution is 6.69. The summed E-state index contributed by atoms with van der Waals surface area (Å²) in [7, 11) is -1.47. The Morgan fingerprint density at radius 1 is 1.31 bits per heavy atom. The van der Waals surface area contributed by atoms with E-state index in [0.29, 0.717) is 13.2 Å². The van der Waals surface area contributed by atoms with E-state index in [-0.39, 0.29) is 5.97 Å². The van der Waals surface area contributed by atoms with Crippen LogP contribution < -0.4 is 0 Å². The van der Waals surface area contributed by atoms with Crippen molar-refractivity contribution in [2.24, 2.45) is 0 Å². The van der Waals surface area contributed by atoms with Crippen molar-refractivity contribution in [2.45, 2.75) is 39.8 Å². The molecule has 0 aromatic heterocycles. The van der Waals surface area contributed by atoms with Gasteiger partial charge in [0.25, 0.3) is 0 Å². The molecule has 0 aromatic rings. The third-order valence-electron chi connectivity index (χ3n) is 1.56. The van der Waals surface area contributed by atoms with Gasteiger partial charge >= 0.3 is 5.97 Å². The summed E-state index contributed by atoms with van der Waals surface area (Å²) in [6, 6.07) is 0. The van der Waals surface area contributed by atoms with Crippen molar-refractivity contribution in [3.05, 3.63) is 12.2 Å². The van der Waals surface area contributed by atoms with E-state index in [9.17, 15) is 4.79 Å². The Labute approximate surface area is 98.7 Å². The van der Waals surface area contributed by atoms with Gasteiger partial charge in [0.1, 0.15) is 0 Å². The van der Waals surface area contributed by atoms with E-state index in [1.165, 1.54) is 6.08 Å². The first kappa shape index (κ1) is 15.3. The van der Waals surface area contributed by atoms with Crippen molar-refractivity contribution in [2.75, 3.05) is 13.2 Å². The van der Waals surface area contributed by atoms with Gasteiger partial charge in [-0.3, -0.25) is 0 Å². The van der Waals surface area contributed by atoms with Gasteiger partial charge in [0.2, 0.25) is 6.29 Å². The van der Waals surface area contributed by atoms with Crippen LogP contribution in [-0.2, 0) is 18.7 Å². The zero-order chi connectivity index (χ0) is 12.6. The lowest BCUT2D eigenvalue weighted by Gasteiger charge is -2.18. The number of hydrogen-bond acceptors (Lipinski definition) is 4. The lowest BCUT2D eigenvalue weighted by Crippen LogP contribution is -2.28. The Morgan fingerprint density at radius 3 is 2.44 bits per heavy atom. The topological polar surface area (TPSA) is 44.8 Å². The smallest absolute Gasteiger partial charge is 0.332 e. The summed E-state index contributed by atoms with van der Waals surface area (Å²) in [4.78, 5) is 11.0. The summed E-state index contributed by atoms with van der Waals surface area (Å²) >= 11 is 0. The molecular weight excluding hydrogens is 224 g/mol. The Morgan fingerprint density at radius 2 is 1.94 bits per heavy atom. The van der Waals surface area contributed by atoms with E-state index < -0.39 is 14.6 Å². The van der Waals surface area contributed by atoms with E-state index in [1.54, 1.807) is 19.9 Å². The summed E-state index contributed by atoms with van der Waals surface area (Å²) in [5, 5.41) is 0. The number of carbonyl (C=O) groups excluding carboxylic acids is 1. The molecule has 0 saturated heterocycles. The van der Waals surface area contributed by atoms with Crippen molar-refractivity contribution in [1.82, 2.24) is 0 Å². The number of allylic oxidation sites excluding steroid dienone is 1. The molecule has 1 unspecified atom stereocenters. The average molecular weight is 246 g/mol. The van der Waals surface area contributed by atoms with Crippen LogP contribution >= 0.6 is 0 Å². The molecule has 0 aliphatic heterocycles. The van der Waals surface area contributed by atoms with Crippen LogP contribution in [-0.4, -0.2) is 33.8 Å². The van der Waals surface area contributed by atoms with Crippen molar-refractivity contribution in [1.29, 1.82) is 0 Å². The molecule has 0 rings (SSSR count). The van der Waals surface area contributed by atoms with E-state index in [1.807, 2.05) is 0 Å². The minimum atomic E-state index is -1.47. The van der Waals surface area contributed by atoms with Crippen LogP contribution in [0.2, 0.25) is 19.6 Å². The van der Waals surface area contributed by atoms with Gasteiger partial charge in [-0.25, -0.2) is 4.79 Å². The summed E-state index contributed by atoms with van der Waals surface area (Å²) in [5.74, 6) is -0.388. The molecule has 0 radical (unpaired) electrons. The molecule has 16 heavy (non-hydrogen) atoms. The number of carbonyl (C=O) groups is 1. The van der Waals surface area contributed by atoms with Crippen LogP contribution in [0.4, 0.5) is 0 Å². The molecule has 0 N–H and O–H groups in total. The molecule has 0 spiro atoms. The zero-order valence-corrected chi connectivity index (χ0v) is 11.8. The maximum absolute atomic E-state index is 11.0.